The highest BCUT2D eigenvalue weighted by Crippen LogP contribution is 2.31. The molecule has 5 nitrogen and oxygen atoms in total. The number of carbonyl (C=O) groups is 1. The molecule has 0 radical (unpaired) electrons. The van der Waals surface area contributed by atoms with Crippen LogP contribution in [0, 0.1) is 6.92 Å². The highest BCUT2D eigenvalue weighted by atomic mass is 35.5. The molecule has 0 saturated heterocycles. The Morgan fingerprint density at radius 3 is 2.59 bits per heavy atom. The lowest BCUT2D eigenvalue weighted by atomic mass is 10.1. The van der Waals surface area contributed by atoms with Crippen LogP contribution in [0.5, 0.6) is 0 Å². The Bertz CT molecular complexity index is 1090. The minimum atomic E-state index is 0.0244. The van der Waals surface area contributed by atoms with Crippen LogP contribution in [0.1, 0.15) is 68.8 Å². The molecule has 34 heavy (non-hydrogen) atoms. The number of carbonyl (C=O) groups excluding carboxylic acids is 1. The molecular formula is C26H32Cl2N4OS. The van der Waals surface area contributed by atoms with Gasteiger partial charge in [0.25, 0.3) is 0 Å². The number of thioether (sulfide) groups is 1. The molecule has 1 aromatic heterocycles. The van der Waals surface area contributed by atoms with Crippen LogP contribution in [0.4, 0.5) is 0 Å². The first-order valence-corrected chi connectivity index (χ1v) is 13.6. The van der Waals surface area contributed by atoms with Crippen molar-refractivity contribution in [2.45, 2.75) is 76.2 Å². The fourth-order valence-corrected chi connectivity index (χ4v) is 5.06. The summed E-state index contributed by atoms with van der Waals surface area (Å²) < 4.78 is 1.89. The average molecular weight is 520 g/mol. The number of hydrogen-bond acceptors (Lipinski definition) is 4. The molecule has 1 N–H and O–H groups in total. The minimum Gasteiger partial charge on any atom is -0.349 e. The third-order valence-corrected chi connectivity index (χ3v) is 7.20. The maximum atomic E-state index is 12.4. The Labute approximate surface area is 216 Å². The summed E-state index contributed by atoms with van der Waals surface area (Å²) in [5.41, 5.74) is 3.16. The van der Waals surface area contributed by atoms with E-state index in [2.05, 4.69) is 41.5 Å². The molecule has 2 aromatic carbocycles. The number of aromatic nitrogens is 3. The molecule has 0 fully saturated rings. The van der Waals surface area contributed by atoms with Gasteiger partial charge in [0.05, 0.1) is 17.3 Å². The first kappa shape index (κ1) is 26.6. The predicted molar refractivity (Wildman–Crippen MR) is 142 cm³/mol. The number of nitrogens with zero attached hydrogens (tertiary/aromatic N) is 3. The van der Waals surface area contributed by atoms with Crippen LogP contribution in [0.25, 0.3) is 5.69 Å². The SMILES string of the molecule is CCCCCCCCC(=O)NCc1nnc(SCc2ccccc2C)n1-c1cc(Cl)ccc1Cl. The van der Waals surface area contributed by atoms with Gasteiger partial charge in [-0.2, -0.15) is 0 Å². The molecule has 3 aromatic rings. The van der Waals surface area contributed by atoms with Gasteiger partial charge in [0.15, 0.2) is 11.0 Å². The zero-order valence-electron chi connectivity index (χ0n) is 19.8. The number of unbranched alkanes of at least 4 members (excludes halogenated alkanes) is 5. The van der Waals surface area contributed by atoms with Gasteiger partial charge < -0.3 is 5.32 Å². The molecule has 0 bridgehead atoms. The Morgan fingerprint density at radius 2 is 1.79 bits per heavy atom. The number of benzene rings is 2. The van der Waals surface area contributed by atoms with Crippen molar-refractivity contribution in [2.24, 2.45) is 0 Å². The Kier molecular flexibility index (Phi) is 10.8. The van der Waals surface area contributed by atoms with Crippen LogP contribution in [0.3, 0.4) is 0 Å². The fourth-order valence-electron chi connectivity index (χ4n) is 3.65. The van der Waals surface area contributed by atoms with E-state index in [1.807, 2.05) is 16.7 Å². The van der Waals surface area contributed by atoms with E-state index in [1.165, 1.54) is 36.8 Å². The zero-order chi connectivity index (χ0) is 24.3. The smallest absolute Gasteiger partial charge is 0.220 e. The Balaban J connectivity index is 1.71. The first-order chi connectivity index (χ1) is 16.5. The Hall–Kier alpha value is -2.02. The van der Waals surface area contributed by atoms with E-state index in [-0.39, 0.29) is 12.5 Å². The lowest BCUT2D eigenvalue weighted by Crippen LogP contribution is -2.24. The van der Waals surface area contributed by atoms with Gasteiger partial charge in [-0.3, -0.25) is 9.36 Å². The normalized spacial score (nSPS) is 11.1. The number of rotatable bonds is 13. The van der Waals surface area contributed by atoms with Crippen molar-refractivity contribution in [1.29, 1.82) is 0 Å². The van der Waals surface area contributed by atoms with Crippen molar-refractivity contribution in [2.75, 3.05) is 0 Å². The fraction of sp³-hybridized carbons (Fsp3) is 0.423. The second kappa shape index (κ2) is 13.8. The summed E-state index contributed by atoms with van der Waals surface area (Å²) >= 11 is 14.4. The van der Waals surface area contributed by atoms with Crippen molar-refractivity contribution in [1.82, 2.24) is 20.1 Å². The van der Waals surface area contributed by atoms with Gasteiger partial charge in [0, 0.05) is 17.2 Å². The largest absolute Gasteiger partial charge is 0.349 e. The summed E-state index contributed by atoms with van der Waals surface area (Å²) in [5.74, 6) is 1.39. The van der Waals surface area contributed by atoms with Gasteiger partial charge in [0.1, 0.15) is 0 Å². The van der Waals surface area contributed by atoms with Crippen LogP contribution < -0.4 is 5.32 Å². The first-order valence-electron chi connectivity index (χ1n) is 11.8. The molecule has 3 rings (SSSR count). The van der Waals surface area contributed by atoms with Crippen LogP contribution in [0.15, 0.2) is 47.6 Å². The third-order valence-electron chi connectivity index (χ3n) is 5.67. The summed E-state index contributed by atoms with van der Waals surface area (Å²) in [6.45, 7) is 4.57. The number of hydrogen-bond donors (Lipinski definition) is 1. The standard InChI is InChI=1S/C26H32Cl2N4OS/c1-3-4-5-6-7-8-13-25(33)29-17-24-30-31-26(34-18-20-12-10-9-11-19(20)2)32(24)23-16-21(27)14-15-22(23)28/h9-12,14-16H,3-8,13,17-18H2,1-2H3,(H,29,33). The lowest BCUT2D eigenvalue weighted by molar-refractivity contribution is -0.121. The zero-order valence-corrected chi connectivity index (χ0v) is 22.1. The second-order valence-corrected chi connectivity index (χ2v) is 10.1. The molecule has 1 heterocycles. The molecule has 8 heteroatoms. The van der Waals surface area contributed by atoms with Gasteiger partial charge in [-0.15, -0.1) is 10.2 Å². The van der Waals surface area contributed by atoms with Gasteiger partial charge in [0.2, 0.25) is 5.91 Å². The highest BCUT2D eigenvalue weighted by molar-refractivity contribution is 7.98. The molecule has 0 spiro atoms. The summed E-state index contributed by atoms with van der Waals surface area (Å²) in [6, 6.07) is 13.6. The van der Waals surface area contributed by atoms with E-state index < -0.39 is 0 Å². The maximum absolute atomic E-state index is 12.4. The van der Waals surface area contributed by atoms with E-state index in [0.29, 0.717) is 33.1 Å². The lowest BCUT2D eigenvalue weighted by Gasteiger charge is -2.13. The monoisotopic (exact) mass is 518 g/mol. The number of amides is 1. The van der Waals surface area contributed by atoms with Gasteiger partial charge in [-0.25, -0.2) is 0 Å². The molecule has 0 aliphatic rings. The molecule has 0 aliphatic heterocycles. The van der Waals surface area contributed by atoms with Crippen molar-refractivity contribution in [3.8, 4) is 5.69 Å². The second-order valence-electron chi connectivity index (χ2n) is 8.34. The maximum Gasteiger partial charge on any atom is 0.220 e. The molecular weight excluding hydrogens is 487 g/mol. The van der Waals surface area contributed by atoms with E-state index in [0.717, 1.165) is 18.6 Å². The summed E-state index contributed by atoms with van der Waals surface area (Å²) in [7, 11) is 0. The average Bonchev–Trinajstić information content (AvgIpc) is 3.23. The van der Waals surface area contributed by atoms with Gasteiger partial charge >= 0.3 is 0 Å². The molecule has 1 amide bonds. The van der Waals surface area contributed by atoms with Crippen LogP contribution in [-0.4, -0.2) is 20.7 Å². The quantitative estimate of drug-likeness (QED) is 0.187. The van der Waals surface area contributed by atoms with Gasteiger partial charge in [-0.05, 0) is 42.7 Å². The van der Waals surface area contributed by atoms with Crippen molar-refractivity contribution in [3.63, 3.8) is 0 Å². The highest BCUT2D eigenvalue weighted by Gasteiger charge is 2.18. The summed E-state index contributed by atoms with van der Waals surface area (Å²) in [5, 5.41) is 13.6. The molecule has 0 atom stereocenters. The van der Waals surface area contributed by atoms with Gasteiger partial charge in [-0.1, -0.05) is 98.3 Å². The van der Waals surface area contributed by atoms with E-state index in [4.69, 9.17) is 23.2 Å². The summed E-state index contributed by atoms with van der Waals surface area (Å²) in [4.78, 5) is 12.4. The van der Waals surface area contributed by atoms with E-state index >= 15 is 0 Å². The molecule has 0 unspecified atom stereocenters. The minimum absolute atomic E-state index is 0.0244. The molecule has 0 aliphatic carbocycles. The third kappa shape index (κ3) is 7.76. The predicted octanol–water partition coefficient (Wildman–Crippen LogP) is 7.54. The molecule has 182 valence electrons. The Morgan fingerprint density at radius 1 is 1.03 bits per heavy atom. The van der Waals surface area contributed by atoms with Crippen molar-refractivity contribution < 1.29 is 4.79 Å². The van der Waals surface area contributed by atoms with E-state index in [9.17, 15) is 4.79 Å². The topological polar surface area (TPSA) is 59.8 Å². The van der Waals surface area contributed by atoms with Crippen LogP contribution in [-0.2, 0) is 17.1 Å². The van der Waals surface area contributed by atoms with Crippen molar-refractivity contribution >= 4 is 40.9 Å². The van der Waals surface area contributed by atoms with E-state index in [1.54, 1.807) is 30.0 Å². The summed E-state index contributed by atoms with van der Waals surface area (Å²) in [6.07, 6.45) is 7.42. The van der Waals surface area contributed by atoms with Crippen LogP contribution in [0.2, 0.25) is 10.0 Å². The number of halogens is 2. The van der Waals surface area contributed by atoms with Crippen molar-refractivity contribution in [3.05, 3.63) is 69.5 Å². The molecule has 0 saturated carbocycles. The number of aryl methyl sites for hydroxylation is 1. The van der Waals surface area contributed by atoms with Crippen LogP contribution >= 0.6 is 35.0 Å². The number of nitrogens with one attached hydrogen (secondary N) is 1.